The van der Waals surface area contributed by atoms with Gasteiger partial charge in [-0.1, -0.05) is 26.0 Å². The maximum absolute atomic E-state index is 10.7. The van der Waals surface area contributed by atoms with Gasteiger partial charge in [0.15, 0.2) is 0 Å². The molecule has 0 bridgehead atoms. The average molecular weight is 265 g/mol. The summed E-state index contributed by atoms with van der Waals surface area (Å²) in [5, 5.41) is 14.0. The summed E-state index contributed by atoms with van der Waals surface area (Å²) in [7, 11) is 0. The van der Waals surface area contributed by atoms with Crippen molar-refractivity contribution in [3.63, 3.8) is 0 Å². The van der Waals surface area contributed by atoms with Gasteiger partial charge < -0.3 is 10.2 Å². The van der Waals surface area contributed by atoms with E-state index in [4.69, 9.17) is 0 Å². The smallest absolute Gasteiger partial charge is 0.269 e. The predicted molar refractivity (Wildman–Crippen MR) is 77.2 cm³/mol. The molecule has 0 saturated heterocycles. The Balaban J connectivity index is 2.33. The normalized spacial score (nSPS) is 10.9. The van der Waals surface area contributed by atoms with E-state index < -0.39 is 0 Å². The Morgan fingerprint density at radius 2 is 2.11 bits per heavy atom. The van der Waals surface area contributed by atoms with E-state index in [9.17, 15) is 10.1 Å². The van der Waals surface area contributed by atoms with Crippen LogP contribution in [0, 0.1) is 10.1 Å². The molecule has 0 aliphatic rings. The molecule has 0 atom stereocenters. The molecule has 1 aromatic carbocycles. The topological polar surface area (TPSA) is 58.4 Å². The van der Waals surface area contributed by atoms with Crippen LogP contribution in [0.4, 0.5) is 5.69 Å². The summed E-state index contributed by atoms with van der Waals surface area (Å²) in [6.45, 7) is 9.11. The number of hydrogen-bond donors (Lipinski definition) is 1. The van der Waals surface area contributed by atoms with E-state index in [1.54, 1.807) is 12.1 Å². The van der Waals surface area contributed by atoms with Gasteiger partial charge in [0.05, 0.1) is 4.92 Å². The predicted octanol–water partition coefficient (Wildman–Crippen LogP) is 2.42. The lowest BCUT2D eigenvalue weighted by Crippen LogP contribution is -2.32. The lowest BCUT2D eigenvalue weighted by Gasteiger charge is -2.19. The van der Waals surface area contributed by atoms with Crippen LogP contribution in [-0.2, 0) is 6.54 Å². The first-order valence-corrected chi connectivity index (χ1v) is 6.83. The summed E-state index contributed by atoms with van der Waals surface area (Å²) >= 11 is 0. The van der Waals surface area contributed by atoms with Crippen LogP contribution in [0.5, 0.6) is 0 Å². The third kappa shape index (κ3) is 5.81. The Hall–Kier alpha value is -1.46. The highest BCUT2D eigenvalue weighted by Gasteiger charge is 2.05. The number of benzene rings is 1. The fourth-order valence-electron chi connectivity index (χ4n) is 1.99. The monoisotopic (exact) mass is 265 g/mol. The molecule has 0 spiro atoms. The summed E-state index contributed by atoms with van der Waals surface area (Å²) in [5.41, 5.74) is 1.10. The molecule has 0 fully saturated rings. The van der Waals surface area contributed by atoms with Gasteiger partial charge in [-0.25, -0.2) is 0 Å². The number of rotatable bonds is 9. The summed E-state index contributed by atoms with van der Waals surface area (Å²) in [5.74, 6) is 0. The van der Waals surface area contributed by atoms with E-state index in [0.29, 0.717) is 6.54 Å². The highest BCUT2D eigenvalue weighted by atomic mass is 16.6. The van der Waals surface area contributed by atoms with Crippen LogP contribution in [0.25, 0.3) is 0 Å². The van der Waals surface area contributed by atoms with Gasteiger partial charge in [-0.3, -0.25) is 10.1 Å². The Labute approximate surface area is 114 Å². The van der Waals surface area contributed by atoms with Crippen LogP contribution in [0.1, 0.15) is 25.8 Å². The molecule has 0 aliphatic carbocycles. The van der Waals surface area contributed by atoms with Crippen molar-refractivity contribution in [3.05, 3.63) is 39.9 Å². The first-order valence-electron chi connectivity index (χ1n) is 6.83. The van der Waals surface area contributed by atoms with Crippen LogP contribution in [0.3, 0.4) is 0 Å². The summed E-state index contributed by atoms with van der Waals surface area (Å²) in [6, 6.07) is 6.77. The zero-order valence-corrected chi connectivity index (χ0v) is 11.8. The van der Waals surface area contributed by atoms with Gasteiger partial charge in [0.1, 0.15) is 0 Å². The van der Waals surface area contributed by atoms with Gasteiger partial charge in [-0.2, -0.15) is 0 Å². The van der Waals surface area contributed by atoms with Gasteiger partial charge in [0, 0.05) is 31.8 Å². The van der Waals surface area contributed by atoms with Crippen LogP contribution in [0.2, 0.25) is 0 Å². The average Bonchev–Trinajstić information content (AvgIpc) is 2.42. The highest BCUT2D eigenvalue weighted by molar-refractivity contribution is 5.34. The third-order valence-electron chi connectivity index (χ3n) is 3.04. The van der Waals surface area contributed by atoms with Crippen molar-refractivity contribution in [1.29, 1.82) is 0 Å². The first kappa shape index (κ1) is 15.6. The molecule has 1 rings (SSSR count). The van der Waals surface area contributed by atoms with E-state index in [-0.39, 0.29) is 10.6 Å². The molecule has 5 heteroatoms. The molecule has 0 unspecified atom stereocenters. The van der Waals surface area contributed by atoms with Gasteiger partial charge in [0.2, 0.25) is 0 Å². The molecule has 0 saturated carbocycles. The van der Waals surface area contributed by atoms with Gasteiger partial charge in [0.25, 0.3) is 5.69 Å². The Morgan fingerprint density at radius 3 is 2.74 bits per heavy atom. The fourth-order valence-corrected chi connectivity index (χ4v) is 1.99. The van der Waals surface area contributed by atoms with E-state index >= 15 is 0 Å². The first-order chi connectivity index (χ1) is 9.17. The molecule has 0 aliphatic heterocycles. The summed E-state index contributed by atoms with van der Waals surface area (Å²) in [6.07, 6.45) is 1.17. The molecule has 1 aromatic rings. The van der Waals surface area contributed by atoms with Gasteiger partial charge in [-0.05, 0) is 25.1 Å². The van der Waals surface area contributed by atoms with Crippen LogP contribution < -0.4 is 5.32 Å². The van der Waals surface area contributed by atoms with Gasteiger partial charge >= 0.3 is 0 Å². The van der Waals surface area contributed by atoms with E-state index in [1.807, 2.05) is 6.07 Å². The molecular weight excluding hydrogens is 242 g/mol. The maximum atomic E-state index is 10.7. The molecule has 0 heterocycles. The number of nitrogens with one attached hydrogen (secondary N) is 1. The molecule has 0 aromatic heterocycles. The minimum Gasteiger partial charge on any atom is -0.311 e. The van der Waals surface area contributed by atoms with Crippen LogP contribution in [-0.4, -0.2) is 36.0 Å². The van der Waals surface area contributed by atoms with Crippen LogP contribution in [0.15, 0.2) is 24.3 Å². The standard InChI is InChI=1S/C14H23N3O2/c1-3-9-16(4-2)10-8-15-12-13-6-5-7-14(11-13)17(18)19/h5-7,11,15H,3-4,8-10,12H2,1-2H3. The number of nitrogens with zero attached hydrogens (tertiary/aromatic N) is 2. The van der Waals surface area contributed by atoms with Crippen molar-refractivity contribution >= 4 is 5.69 Å². The SMILES string of the molecule is CCCN(CC)CCNCc1cccc([N+](=O)[O-])c1. The zero-order valence-electron chi connectivity index (χ0n) is 11.8. The van der Waals surface area contributed by atoms with E-state index in [1.165, 1.54) is 12.5 Å². The third-order valence-corrected chi connectivity index (χ3v) is 3.04. The lowest BCUT2D eigenvalue weighted by molar-refractivity contribution is -0.384. The number of likely N-dealkylation sites (N-methyl/N-ethyl adjacent to an activating group) is 1. The van der Waals surface area contributed by atoms with Crippen molar-refractivity contribution in [3.8, 4) is 0 Å². The van der Waals surface area contributed by atoms with Crippen molar-refractivity contribution < 1.29 is 4.92 Å². The van der Waals surface area contributed by atoms with Crippen molar-refractivity contribution in [1.82, 2.24) is 10.2 Å². The molecule has 0 amide bonds. The second-order valence-electron chi connectivity index (χ2n) is 4.54. The Kier molecular flexibility index (Phi) is 7.07. The number of nitro benzene ring substituents is 1. The molecule has 0 radical (unpaired) electrons. The van der Waals surface area contributed by atoms with Crippen molar-refractivity contribution in [2.24, 2.45) is 0 Å². The van der Waals surface area contributed by atoms with Crippen molar-refractivity contribution in [2.45, 2.75) is 26.8 Å². The van der Waals surface area contributed by atoms with Crippen LogP contribution >= 0.6 is 0 Å². The second kappa shape index (κ2) is 8.61. The quantitative estimate of drug-likeness (QED) is 0.423. The minimum atomic E-state index is -0.358. The molecular formula is C14H23N3O2. The lowest BCUT2D eigenvalue weighted by atomic mass is 10.2. The zero-order chi connectivity index (χ0) is 14.1. The molecule has 1 N–H and O–H groups in total. The molecule has 106 valence electrons. The largest absolute Gasteiger partial charge is 0.311 e. The maximum Gasteiger partial charge on any atom is 0.269 e. The van der Waals surface area contributed by atoms with E-state index in [2.05, 4.69) is 24.1 Å². The van der Waals surface area contributed by atoms with Crippen molar-refractivity contribution in [2.75, 3.05) is 26.2 Å². The number of non-ortho nitro benzene ring substituents is 1. The second-order valence-corrected chi connectivity index (χ2v) is 4.54. The molecule has 19 heavy (non-hydrogen) atoms. The van der Waals surface area contributed by atoms with E-state index in [0.717, 1.165) is 31.7 Å². The number of nitro groups is 1. The summed E-state index contributed by atoms with van der Waals surface area (Å²) < 4.78 is 0. The number of hydrogen-bond acceptors (Lipinski definition) is 4. The highest BCUT2D eigenvalue weighted by Crippen LogP contribution is 2.12. The fraction of sp³-hybridized carbons (Fsp3) is 0.571. The summed E-state index contributed by atoms with van der Waals surface area (Å²) in [4.78, 5) is 12.7. The Bertz CT molecular complexity index is 396. The van der Waals surface area contributed by atoms with Gasteiger partial charge in [-0.15, -0.1) is 0 Å². The Morgan fingerprint density at radius 1 is 1.32 bits per heavy atom. The minimum absolute atomic E-state index is 0.153. The molecule has 5 nitrogen and oxygen atoms in total.